The Kier molecular flexibility index (Phi) is 12.5. The van der Waals surface area contributed by atoms with Crippen molar-refractivity contribution in [2.75, 3.05) is 26.2 Å². The lowest BCUT2D eigenvalue weighted by molar-refractivity contribution is -0.138. The number of rotatable bonds is 13. The number of aliphatic carboxylic acids is 1. The molecule has 324 valence electrons. The van der Waals surface area contributed by atoms with Crippen LogP contribution in [0.25, 0.3) is 38.8 Å². The fraction of sp³-hybridized carbons (Fsp3) is 0.370. The molecule has 1 fully saturated rings. The highest BCUT2D eigenvalue weighted by atomic mass is 19.3. The molecular weight excluding hydrogens is 801 g/mol. The third-order valence-corrected chi connectivity index (χ3v) is 11.3. The molecule has 6 aromatic rings. The van der Waals surface area contributed by atoms with Crippen LogP contribution in [0.2, 0.25) is 0 Å². The minimum atomic E-state index is -3.07. The lowest BCUT2D eigenvalue weighted by atomic mass is 9.83. The van der Waals surface area contributed by atoms with Gasteiger partial charge in [-0.05, 0) is 107 Å². The number of alkyl halides is 2. The zero-order valence-electron chi connectivity index (χ0n) is 35.7. The number of benzene rings is 3. The number of carboxylic acid groups (broad SMARTS) is 1. The number of fused-ring (bicyclic) bond motifs is 2. The molecule has 16 heteroatoms. The Labute approximate surface area is 357 Å². The van der Waals surface area contributed by atoms with Crippen molar-refractivity contribution >= 4 is 51.8 Å². The van der Waals surface area contributed by atoms with Crippen molar-refractivity contribution < 1.29 is 42.5 Å². The molecule has 1 amide bonds. The van der Waals surface area contributed by atoms with Gasteiger partial charge in [0.25, 0.3) is 6.43 Å². The van der Waals surface area contributed by atoms with Crippen LogP contribution < -0.4 is 14.4 Å². The maximum Gasteiger partial charge on any atom is 0.420 e. The SMILES string of the molecule is COc1cc(-n2ncc3c(-c4cccc(N(C(=O)OC(C)(C)C)c5nc(C(F)F)nc6cc(CN(C)C7CCC(CC(=O)O)CC7)cnc56)c4C)cccc32)cc(OC)c1C=O. The smallest absolute Gasteiger partial charge is 0.420 e. The molecule has 0 unspecified atom stereocenters. The van der Waals surface area contributed by atoms with Crippen LogP contribution in [0.5, 0.6) is 11.5 Å². The van der Waals surface area contributed by atoms with Gasteiger partial charge < -0.3 is 19.3 Å². The quantitative estimate of drug-likeness (QED) is 0.110. The number of hydrogen-bond donors (Lipinski definition) is 1. The molecule has 3 heterocycles. The summed E-state index contributed by atoms with van der Waals surface area (Å²) in [5.41, 5.74) is 4.01. The van der Waals surface area contributed by atoms with Gasteiger partial charge in [-0.3, -0.25) is 19.5 Å². The summed E-state index contributed by atoms with van der Waals surface area (Å²) in [5, 5.41) is 14.7. The van der Waals surface area contributed by atoms with Crippen LogP contribution >= 0.6 is 0 Å². The van der Waals surface area contributed by atoms with E-state index in [0.29, 0.717) is 41.3 Å². The summed E-state index contributed by atoms with van der Waals surface area (Å²) in [4.78, 5) is 54.1. The maximum absolute atomic E-state index is 14.7. The van der Waals surface area contributed by atoms with E-state index >= 15 is 0 Å². The number of carbonyl (C=O) groups is 3. The van der Waals surface area contributed by atoms with Gasteiger partial charge >= 0.3 is 12.1 Å². The minimum Gasteiger partial charge on any atom is -0.496 e. The van der Waals surface area contributed by atoms with E-state index in [0.717, 1.165) is 53.3 Å². The summed E-state index contributed by atoms with van der Waals surface area (Å²) >= 11 is 0. The fourth-order valence-corrected chi connectivity index (χ4v) is 8.28. The monoisotopic (exact) mass is 849 g/mol. The number of carboxylic acids is 1. The van der Waals surface area contributed by atoms with E-state index in [-0.39, 0.29) is 40.8 Å². The third-order valence-electron chi connectivity index (χ3n) is 11.3. The Balaban J connectivity index is 1.31. The van der Waals surface area contributed by atoms with E-state index in [9.17, 15) is 28.3 Å². The van der Waals surface area contributed by atoms with E-state index in [1.807, 2.05) is 38.2 Å². The number of halogens is 2. The molecule has 0 saturated heterocycles. The van der Waals surface area contributed by atoms with E-state index in [2.05, 4.69) is 14.9 Å². The second-order valence-corrected chi connectivity index (χ2v) is 16.5. The Morgan fingerprint density at radius 2 is 1.65 bits per heavy atom. The Morgan fingerprint density at radius 3 is 2.27 bits per heavy atom. The summed E-state index contributed by atoms with van der Waals surface area (Å²) in [6.07, 6.45) is 3.58. The number of anilines is 2. The van der Waals surface area contributed by atoms with Crippen molar-refractivity contribution in [2.24, 2.45) is 5.92 Å². The third kappa shape index (κ3) is 8.91. The number of pyridine rings is 1. The number of hydrogen-bond acceptors (Lipinski definition) is 11. The minimum absolute atomic E-state index is 0.125. The van der Waals surface area contributed by atoms with Crippen LogP contribution in [0.1, 0.15) is 86.6 Å². The van der Waals surface area contributed by atoms with Crippen LogP contribution in [0.3, 0.4) is 0 Å². The summed E-state index contributed by atoms with van der Waals surface area (Å²) < 4.78 is 48.0. The molecule has 1 aliphatic carbocycles. The zero-order valence-corrected chi connectivity index (χ0v) is 35.7. The molecule has 3 aromatic carbocycles. The topological polar surface area (TPSA) is 162 Å². The first-order valence-electron chi connectivity index (χ1n) is 20.3. The van der Waals surface area contributed by atoms with Gasteiger partial charge in [0, 0.05) is 42.7 Å². The summed E-state index contributed by atoms with van der Waals surface area (Å²) in [5.74, 6) is -0.929. The largest absolute Gasteiger partial charge is 0.496 e. The normalized spacial score (nSPS) is 15.6. The van der Waals surface area contributed by atoms with Crippen LogP contribution in [0.15, 0.2) is 67.0 Å². The molecule has 0 spiro atoms. The Hall–Kier alpha value is -6.55. The standard InChI is InChI=1S/C46H49F2N7O7/c1-26-31(32-11-9-13-37-33(32)23-50-55(37)30-20-38(60-6)34(25-56)39(21-30)61-7)10-8-12-36(26)54(45(59)62-46(2,3)4)44-41-35(51-43(52-44)42(47)48)18-28(22-49-41)24-53(5)29-16-14-27(15-17-29)19-40(57)58/h8-13,18,20-23,25,27,29,42H,14-17,19,24H2,1-7H3,(H,57,58). The average Bonchev–Trinajstić information content (AvgIpc) is 3.67. The number of aldehydes is 1. The molecule has 62 heavy (non-hydrogen) atoms. The molecule has 0 radical (unpaired) electrons. The van der Waals surface area contributed by atoms with Crippen LogP contribution in [0, 0.1) is 12.8 Å². The van der Waals surface area contributed by atoms with E-state index in [1.165, 1.54) is 19.1 Å². The average molecular weight is 850 g/mol. The predicted octanol–water partition coefficient (Wildman–Crippen LogP) is 9.64. The highest BCUT2D eigenvalue weighted by Gasteiger charge is 2.32. The number of ether oxygens (including phenoxy) is 3. The molecule has 14 nitrogen and oxygen atoms in total. The lowest BCUT2D eigenvalue weighted by Gasteiger charge is -2.34. The molecule has 7 rings (SSSR count). The molecule has 0 bridgehead atoms. The Morgan fingerprint density at radius 1 is 0.968 bits per heavy atom. The molecule has 1 aliphatic rings. The van der Waals surface area contributed by atoms with Gasteiger partial charge in [-0.25, -0.2) is 33.1 Å². The van der Waals surface area contributed by atoms with Crippen molar-refractivity contribution in [1.82, 2.24) is 29.6 Å². The van der Waals surface area contributed by atoms with Gasteiger partial charge in [-0.2, -0.15) is 5.10 Å². The van der Waals surface area contributed by atoms with E-state index in [1.54, 1.807) is 68.2 Å². The Bertz CT molecular complexity index is 2630. The van der Waals surface area contributed by atoms with Crippen LogP contribution in [-0.4, -0.2) is 86.0 Å². The number of methoxy groups -OCH3 is 2. The van der Waals surface area contributed by atoms with Gasteiger partial charge in [0.2, 0.25) is 0 Å². The van der Waals surface area contributed by atoms with Gasteiger partial charge in [-0.1, -0.05) is 24.3 Å². The van der Waals surface area contributed by atoms with Crippen molar-refractivity contribution in [3.63, 3.8) is 0 Å². The molecular formula is C46H49F2N7O7. The van der Waals surface area contributed by atoms with Crippen molar-refractivity contribution in [3.8, 4) is 28.3 Å². The van der Waals surface area contributed by atoms with Crippen molar-refractivity contribution in [3.05, 3.63) is 89.5 Å². The predicted molar refractivity (Wildman–Crippen MR) is 230 cm³/mol. The first kappa shape index (κ1) is 43.5. The zero-order chi connectivity index (χ0) is 44.5. The summed E-state index contributed by atoms with van der Waals surface area (Å²) in [7, 11) is 4.91. The summed E-state index contributed by atoms with van der Waals surface area (Å²) in [6, 6.07) is 16.4. The second-order valence-electron chi connectivity index (χ2n) is 16.5. The lowest BCUT2D eigenvalue weighted by Crippen LogP contribution is -2.35. The maximum atomic E-state index is 14.7. The highest BCUT2D eigenvalue weighted by molar-refractivity contribution is 6.05. The first-order valence-corrected chi connectivity index (χ1v) is 20.3. The number of nitrogens with zero attached hydrogens (tertiary/aromatic N) is 7. The molecule has 0 aliphatic heterocycles. The molecule has 1 saturated carbocycles. The van der Waals surface area contributed by atoms with Crippen molar-refractivity contribution in [1.29, 1.82) is 0 Å². The molecule has 0 atom stereocenters. The molecule has 3 aromatic heterocycles. The summed E-state index contributed by atoms with van der Waals surface area (Å²) in [6.45, 7) is 7.41. The number of aromatic nitrogens is 5. The second kappa shape index (κ2) is 17.8. The van der Waals surface area contributed by atoms with E-state index in [4.69, 9.17) is 24.3 Å². The van der Waals surface area contributed by atoms with Crippen LogP contribution in [-0.2, 0) is 16.1 Å². The van der Waals surface area contributed by atoms with Crippen LogP contribution in [0.4, 0.5) is 25.1 Å². The van der Waals surface area contributed by atoms with Crippen molar-refractivity contribution in [2.45, 2.75) is 84.4 Å². The van der Waals surface area contributed by atoms with E-state index < -0.39 is 29.9 Å². The number of amides is 1. The van der Waals surface area contributed by atoms with Gasteiger partial charge in [0.15, 0.2) is 17.9 Å². The molecule has 1 N–H and O–H groups in total. The van der Waals surface area contributed by atoms with Gasteiger partial charge in [-0.15, -0.1) is 0 Å². The highest BCUT2D eigenvalue weighted by Crippen LogP contribution is 2.41. The fourth-order valence-electron chi connectivity index (χ4n) is 8.28. The number of carbonyl (C=O) groups excluding carboxylic acids is 2. The van der Waals surface area contributed by atoms with Gasteiger partial charge in [0.1, 0.15) is 22.6 Å². The first-order chi connectivity index (χ1) is 29.6. The van der Waals surface area contributed by atoms with Gasteiger partial charge in [0.05, 0.1) is 48.4 Å².